The zero-order valence-electron chi connectivity index (χ0n) is 10.4. The highest BCUT2D eigenvalue weighted by atomic mass is 32.2. The minimum atomic E-state index is -0.193. The fraction of sp³-hybridized carbons (Fsp3) is 0.167. The lowest BCUT2D eigenvalue weighted by Crippen LogP contribution is -2.43. The molecular weight excluding hydrogens is 278 g/mol. The van der Waals surface area contributed by atoms with Crippen molar-refractivity contribution in [1.82, 2.24) is 15.2 Å². The first kappa shape index (κ1) is 12.7. The number of nitrogens with one attached hydrogen (secondary N) is 2. The van der Waals surface area contributed by atoms with Crippen molar-refractivity contribution < 1.29 is 9.59 Å². The van der Waals surface area contributed by atoms with Gasteiger partial charge in [-0.15, -0.1) is 0 Å². The fourth-order valence-corrected chi connectivity index (χ4v) is 2.58. The van der Waals surface area contributed by atoms with E-state index in [-0.39, 0.29) is 24.1 Å². The number of para-hydroxylation sites is 2. The molecule has 0 fully saturated rings. The number of amides is 2. The molecule has 2 N–H and O–H groups in total. The maximum atomic E-state index is 12.3. The molecule has 0 saturated heterocycles. The summed E-state index contributed by atoms with van der Waals surface area (Å²) >= 11 is 1.25. The van der Waals surface area contributed by atoms with E-state index in [2.05, 4.69) is 20.5 Å². The van der Waals surface area contributed by atoms with Crippen LogP contribution in [0.15, 0.2) is 35.7 Å². The van der Waals surface area contributed by atoms with Crippen LogP contribution in [-0.4, -0.2) is 39.3 Å². The summed E-state index contributed by atoms with van der Waals surface area (Å²) in [4.78, 5) is 29.3. The number of carbonyl (C=O) groups is 2. The monoisotopic (exact) mass is 289 g/mol. The predicted molar refractivity (Wildman–Crippen MR) is 74.5 cm³/mol. The third-order valence-electron chi connectivity index (χ3n) is 2.80. The first-order valence-corrected chi connectivity index (χ1v) is 6.90. The molecule has 0 bridgehead atoms. The van der Waals surface area contributed by atoms with Crippen LogP contribution in [0.5, 0.6) is 0 Å². The lowest BCUT2D eigenvalue weighted by atomic mass is 10.2. The van der Waals surface area contributed by atoms with E-state index in [4.69, 9.17) is 0 Å². The van der Waals surface area contributed by atoms with E-state index < -0.39 is 0 Å². The molecule has 0 saturated carbocycles. The second-order valence-electron chi connectivity index (χ2n) is 4.12. The summed E-state index contributed by atoms with van der Waals surface area (Å²) in [6.07, 6.45) is 1.39. The van der Waals surface area contributed by atoms with Crippen LogP contribution >= 0.6 is 11.8 Å². The number of aromatic nitrogens is 3. The van der Waals surface area contributed by atoms with E-state index in [0.29, 0.717) is 10.8 Å². The van der Waals surface area contributed by atoms with Gasteiger partial charge in [0.25, 0.3) is 0 Å². The van der Waals surface area contributed by atoms with Gasteiger partial charge in [-0.1, -0.05) is 23.9 Å². The molecule has 2 aromatic rings. The highest BCUT2D eigenvalue weighted by Crippen LogP contribution is 2.29. The Hall–Kier alpha value is -2.35. The molecule has 0 spiro atoms. The summed E-state index contributed by atoms with van der Waals surface area (Å²) in [5.41, 5.74) is 1.37. The van der Waals surface area contributed by atoms with E-state index >= 15 is 0 Å². The molecule has 1 aliphatic rings. The molecular formula is C12H11N5O2S. The third-order valence-corrected chi connectivity index (χ3v) is 3.66. The largest absolute Gasteiger partial charge is 0.323 e. The van der Waals surface area contributed by atoms with Gasteiger partial charge < -0.3 is 10.2 Å². The van der Waals surface area contributed by atoms with Crippen molar-refractivity contribution >= 4 is 35.0 Å². The Morgan fingerprint density at radius 1 is 1.40 bits per heavy atom. The molecule has 0 unspecified atom stereocenters. The number of rotatable bonds is 3. The molecule has 1 aliphatic heterocycles. The van der Waals surface area contributed by atoms with Crippen molar-refractivity contribution in [2.24, 2.45) is 0 Å². The number of anilines is 2. The Morgan fingerprint density at radius 3 is 3.05 bits per heavy atom. The minimum Gasteiger partial charge on any atom is -0.323 e. The smallest absolute Gasteiger partial charge is 0.244 e. The van der Waals surface area contributed by atoms with E-state index in [1.54, 1.807) is 6.07 Å². The molecule has 2 amide bonds. The quantitative estimate of drug-likeness (QED) is 0.819. The Bertz CT molecular complexity index is 643. The summed E-state index contributed by atoms with van der Waals surface area (Å²) in [5, 5.41) is 9.71. The molecule has 3 rings (SSSR count). The Morgan fingerprint density at radius 2 is 2.25 bits per heavy atom. The average Bonchev–Trinajstić information content (AvgIpc) is 2.97. The summed E-state index contributed by atoms with van der Waals surface area (Å²) in [6.45, 7) is 0.0345. The number of fused-ring (bicyclic) bond motifs is 1. The van der Waals surface area contributed by atoms with Crippen LogP contribution in [0.1, 0.15) is 0 Å². The van der Waals surface area contributed by atoms with Gasteiger partial charge in [0.05, 0.1) is 17.1 Å². The Balaban J connectivity index is 1.76. The second kappa shape index (κ2) is 5.33. The van der Waals surface area contributed by atoms with Gasteiger partial charge in [-0.25, -0.2) is 4.98 Å². The van der Waals surface area contributed by atoms with Crippen LogP contribution in [0, 0.1) is 0 Å². The van der Waals surface area contributed by atoms with Crippen molar-refractivity contribution in [3.63, 3.8) is 0 Å². The van der Waals surface area contributed by atoms with Crippen molar-refractivity contribution in [3.8, 4) is 0 Å². The highest BCUT2D eigenvalue weighted by molar-refractivity contribution is 7.99. The van der Waals surface area contributed by atoms with Gasteiger partial charge in [0, 0.05) is 0 Å². The van der Waals surface area contributed by atoms with Gasteiger partial charge in [0.1, 0.15) is 12.9 Å². The average molecular weight is 289 g/mol. The highest BCUT2D eigenvalue weighted by Gasteiger charge is 2.26. The summed E-state index contributed by atoms with van der Waals surface area (Å²) in [7, 11) is 0. The van der Waals surface area contributed by atoms with Crippen LogP contribution in [0.4, 0.5) is 11.4 Å². The summed E-state index contributed by atoms with van der Waals surface area (Å²) < 4.78 is 0. The summed E-state index contributed by atoms with van der Waals surface area (Å²) in [6, 6.07) is 7.23. The lowest BCUT2D eigenvalue weighted by molar-refractivity contribution is -0.120. The normalized spacial score (nSPS) is 13.8. The zero-order chi connectivity index (χ0) is 13.9. The Labute approximate surface area is 118 Å². The third kappa shape index (κ3) is 2.50. The van der Waals surface area contributed by atoms with Gasteiger partial charge in [-0.3, -0.25) is 14.7 Å². The zero-order valence-corrected chi connectivity index (χ0v) is 11.2. The maximum absolute atomic E-state index is 12.3. The van der Waals surface area contributed by atoms with Gasteiger partial charge in [-0.05, 0) is 12.1 Å². The first-order chi connectivity index (χ1) is 9.74. The van der Waals surface area contributed by atoms with Crippen molar-refractivity contribution in [2.45, 2.75) is 5.16 Å². The first-order valence-electron chi connectivity index (χ1n) is 5.91. The van der Waals surface area contributed by atoms with Crippen LogP contribution in [0.2, 0.25) is 0 Å². The van der Waals surface area contributed by atoms with E-state index in [1.165, 1.54) is 23.0 Å². The summed E-state index contributed by atoms with van der Waals surface area (Å²) in [5.74, 6) is -0.146. The molecule has 2 heterocycles. The van der Waals surface area contributed by atoms with Gasteiger partial charge in [0.2, 0.25) is 11.8 Å². The second-order valence-corrected chi connectivity index (χ2v) is 5.09. The van der Waals surface area contributed by atoms with Crippen LogP contribution in [0.3, 0.4) is 0 Å². The molecule has 0 aliphatic carbocycles. The lowest BCUT2D eigenvalue weighted by Gasteiger charge is -2.28. The molecule has 20 heavy (non-hydrogen) atoms. The number of aromatic amines is 1. The molecule has 1 aromatic carbocycles. The standard InChI is InChI=1S/C12H11N5O2S/c18-10-5-17(9-4-2-1-3-8(9)15-10)11(19)6-20-12-13-7-14-16-12/h1-4,7H,5-6H2,(H,15,18)(H,13,14,16). The van der Waals surface area contributed by atoms with Crippen LogP contribution in [-0.2, 0) is 9.59 Å². The number of benzene rings is 1. The topological polar surface area (TPSA) is 91.0 Å². The number of thioether (sulfide) groups is 1. The van der Waals surface area contributed by atoms with E-state index in [9.17, 15) is 9.59 Å². The minimum absolute atomic E-state index is 0.0345. The van der Waals surface area contributed by atoms with Gasteiger partial charge in [-0.2, -0.15) is 5.10 Å². The van der Waals surface area contributed by atoms with Crippen molar-refractivity contribution in [1.29, 1.82) is 0 Å². The van der Waals surface area contributed by atoms with Gasteiger partial charge >= 0.3 is 0 Å². The van der Waals surface area contributed by atoms with Gasteiger partial charge in [0.15, 0.2) is 5.16 Å². The van der Waals surface area contributed by atoms with E-state index in [0.717, 1.165) is 5.69 Å². The Kier molecular flexibility index (Phi) is 3.38. The van der Waals surface area contributed by atoms with Crippen molar-refractivity contribution in [2.75, 3.05) is 22.5 Å². The molecule has 0 radical (unpaired) electrons. The molecule has 8 heteroatoms. The van der Waals surface area contributed by atoms with E-state index in [1.807, 2.05) is 18.2 Å². The van der Waals surface area contributed by atoms with Crippen LogP contribution < -0.4 is 10.2 Å². The van der Waals surface area contributed by atoms with Crippen molar-refractivity contribution in [3.05, 3.63) is 30.6 Å². The van der Waals surface area contributed by atoms with Crippen LogP contribution in [0.25, 0.3) is 0 Å². The molecule has 102 valence electrons. The number of nitrogens with zero attached hydrogens (tertiary/aromatic N) is 3. The fourth-order valence-electron chi connectivity index (χ4n) is 1.93. The number of H-pyrrole nitrogens is 1. The number of carbonyl (C=O) groups excluding carboxylic acids is 2. The number of hydrogen-bond acceptors (Lipinski definition) is 5. The predicted octanol–water partition coefficient (Wildman–Crippen LogP) is 0.882. The maximum Gasteiger partial charge on any atom is 0.244 e. The molecule has 0 atom stereocenters. The number of hydrogen-bond donors (Lipinski definition) is 2. The molecule has 7 nitrogen and oxygen atoms in total. The SMILES string of the molecule is O=C1CN(C(=O)CSc2ncn[nH]2)c2ccccc2N1. The molecule has 1 aromatic heterocycles.